The first-order valence-corrected chi connectivity index (χ1v) is 12.1. The maximum absolute atomic E-state index is 12.6. The van der Waals surface area contributed by atoms with E-state index in [1.807, 2.05) is 22.9 Å². The SMILES string of the molecule is O=S(=O)(NCCc1csc2nc(-c3cccs3)nn12)c1ccc2c(c1)OCCO2. The zero-order valence-corrected chi connectivity index (χ0v) is 17.5. The van der Waals surface area contributed by atoms with Crippen molar-refractivity contribution in [1.82, 2.24) is 19.3 Å². The highest BCUT2D eigenvalue weighted by molar-refractivity contribution is 7.89. The Morgan fingerprint density at radius 2 is 2.00 bits per heavy atom. The van der Waals surface area contributed by atoms with Crippen molar-refractivity contribution in [2.24, 2.45) is 0 Å². The predicted octanol–water partition coefficient (Wildman–Crippen LogP) is 2.81. The van der Waals surface area contributed by atoms with Gasteiger partial charge in [-0.3, -0.25) is 0 Å². The molecular formula is C18H16N4O4S3. The van der Waals surface area contributed by atoms with Gasteiger partial charge in [-0.1, -0.05) is 6.07 Å². The van der Waals surface area contributed by atoms with Crippen LogP contribution in [0.2, 0.25) is 0 Å². The van der Waals surface area contributed by atoms with Crippen LogP contribution in [-0.2, 0) is 16.4 Å². The van der Waals surface area contributed by atoms with E-state index in [4.69, 9.17) is 9.47 Å². The van der Waals surface area contributed by atoms with Gasteiger partial charge in [-0.15, -0.1) is 27.8 Å². The van der Waals surface area contributed by atoms with Crippen molar-refractivity contribution in [3.05, 3.63) is 46.8 Å². The zero-order chi connectivity index (χ0) is 19.8. The fourth-order valence-corrected chi connectivity index (χ4v) is 5.55. The van der Waals surface area contributed by atoms with Gasteiger partial charge in [0.15, 0.2) is 17.3 Å². The molecule has 0 radical (unpaired) electrons. The molecule has 0 saturated carbocycles. The number of thiazole rings is 1. The first-order chi connectivity index (χ1) is 14.1. The molecule has 3 aromatic heterocycles. The normalized spacial score (nSPS) is 13.8. The summed E-state index contributed by atoms with van der Waals surface area (Å²) in [6.45, 7) is 1.11. The summed E-state index contributed by atoms with van der Waals surface area (Å²) in [5.74, 6) is 1.69. The standard InChI is InChI=1S/C18H16N4O4S3/c23-29(24,13-3-4-14-15(10-13)26-8-7-25-14)19-6-5-12-11-28-18-20-17(21-22(12)18)16-2-1-9-27-16/h1-4,9-11,19H,5-8H2. The molecule has 11 heteroatoms. The second-order valence-electron chi connectivity index (χ2n) is 6.29. The van der Waals surface area contributed by atoms with Crippen molar-refractivity contribution >= 4 is 37.7 Å². The minimum Gasteiger partial charge on any atom is -0.486 e. The number of ether oxygens (including phenoxy) is 2. The van der Waals surface area contributed by atoms with Gasteiger partial charge < -0.3 is 9.47 Å². The number of fused-ring (bicyclic) bond motifs is 2. The number of aromatic nitrogens is 3. The Bertz CT molecular complexity index is 1260. The van der Waals surface area contributed by atoms with Gasteiger partial charge in [-0.2, -0.15) is 4.98 Å². The average molecular weight is 449 g/mol. The van der Waals surface area contributed by atoms with E-state index in [1.54, 1.807) is 21.9 Å². The lowest BCUT2D eigenvalue weighted by Crippen LogP contribution is -2.26. The molecule has 0 bridgehead atoms. The first-order valence-electron chi connectivity index (χ1n) is 8.86. The highest BCUT2D eigenvalue weighted by Gasteiger charge is 2.19. The zero-order valence-electron chi connectivity index (χ0n) is 15.1. The molecule has 29 heavy (non-hydrogen) atoms. The Morgan fingerprint density at radius 1 is 1.14 bits per heavy atom. The Kier molecular flexibility index (Phi) is 4.74. The van der Waals surface area contributed by atoms with Gasteiger partial charge in [0.1, 0.15) is 13.2 Å². The molecule has 0 unspecified atom stereocenters. The lowest BCUT2D eigenvalue weighted by atomic mass is 10.3. The molecule has 1 aliphatic heterocycles. The van der Waals surface area contributed by atoms with E-state index in [-0.39, 0.29) is 11.4 Å². The molecule has 5 rings (SSSR count). The van der Waals surface area contributed by atoms with Crippen LogP contribution in [0.5, 0.6) is 11.5 Å². The van der Waals surface area contributed by atoms with Gasteiger partial charge in [0.25, 0.3) is 0 Å². The molecule has 8 nitrogen and oxygen atoms in total. The van der Waals surface area contributed by atoms with Gasteiger partial charge in [0, 0.05) is 24.4 Å². The maximum Gasteiger partial charge on any atom is 0.240 e. The summed E-state index contributed by atoms with van der Waals surface area (Å²) in [5, 5.41) is 8.49. The third-order valence-electron chi connectivity index (χ3n) is 4.39. The van der Waals surface area contributed by atoms with E-state index in [1.165, 1.54) is 23.5 Å². The minimum atomic E-state index is -3.66. The van der Waals surface area contributed by atoms with E-state index in [9.17, 15) is 8.42 Å². The Labute approximate surface area is 174 Å². The van der Waals surface area contributed by atoms with Crippen LogP contribution in [0, 0.1) is 0 Å². The summed E-state index contributed by atoms with van der Waals surface area (Å²) in [6.07, 6.45) is 0.497. The fraction of sp³-hybridized carbons (Fsp3) is 0.222. The van der Waals surface area contributed by atoms with Crippen molar-refractivity contribution in [2.45, 2.75) is 11.3 Å². The summed E-state index contributed by atoms with van der Waals surface area (Å²) in [7, 11) is -3.66. The fourth-order valence-electron chi connectivity index (χ4n) is 2.99. The molecule has 1 aliphatic rings. The molecular weight excluding hydrogens is 432 g/mol. The lowest BCUT2D eigenvalue weighted by molar-refractivity contribution is 0.171. The van der Waals surface area contributed by atoms with Crippen LogP contribution in [0.1, 0.15) is 5.69 Å². The molecule has 0 saturated heterocycles. The van der Waals surface area contributed by atoms with E-state index < -0.39 is 10.0 Å². The molecule has 0 spiro atoms. The second-order valence-corrected chi connectivity index (χ2v) is 9.84. The van der Waals surface area contributed by atoms with E-state index >= 15 is 0 Å². The lowest BCUT2D eigenvalue weighted by Gasteiger charge is -2.18. The number of nitrogens with one attached hydrogen (secondary N) is 1. The molecule has 4 heterocycles. The average Bonchev–Trinajstić information content (AvgIpc) is 3.45. The highest BCUT2D eigenvalue weighted by Crippen LogP contribution is 2.32. The first kappa shape index (κ1) is 18.6. The number of rotatable bonds is 6. The molecule has 150 valence electrons. The van der Waals surface area contributed by atoms with E-state index in [0.29, 0.717) is 37.0 Å². The van der Waals surface area contributed by atoms with Gasteiger partial charge in [-0.05, 0) is 23.6 Å². The number of sulfonamides is 1. The smallest absolute Gasteiger partial charge is 0.240 e. The van der Waals surface area contributed by atoms with Crippen LogP contribution < -0.4 is 14.2 Å². The molecule has 4 aromatic rings. The van der Waals surface area contributed by atoms with Crippen molar-refractivity contribution in [1.29, 1.82) is 0 Å². The molecule has 1 aromatic carbocycles. The van der Waals surface area contributed by atoms with Crippen LogP contribution in [-0.4, -0.2) is 42.8 Å². The summed E-state index contributed by atoms with van der Waals surface area (Å²) in [6, 6.07) is 8.56. The van der Waals surface area contributed by atoms with Crippen molar-refractivity contribution < 1.29 is 17.9 Å². The number of hydrogen-bond acceptors (Lipinski definition) is 8. The Balaban J connectivity index is 1.29. The van der Waals surface area contributed by atoms with Crippen molar-refractivity contribution in [2.75, 3.05) is 19.8 Å². The third-order valence-corrected chi connectivity index (χ3v) is 7.58. The molecule has 0 atom stereocenters. The number of thiophene rings is 1. The number of nitrogens with zero attached hydrogens (tertiary/aromatic N) is 3. The van der Waals surface area contributed by atoms with Gasteiger partial charge in [-0.25, -0.2) is 17.7 Å². The van der Waals surface area contributed by atoms with Crippen molar-refractivity contribution in [3.8, 4) is 22.2 Å². The monoisotopic (exact) mass is 448 g/mol. The van der Waals surface area contributed by atoms with Gasteiger partial charge in [0.2, 0.25) is 15.0 Å². The van der Waals surface area contributed by atoms with Crippen LogP contribution in [0.15, 0.2) is 46.0 Å². The second kappa shape index (κ2) is 7.41. The molecule has 0 amide bonds. The molecule has 1 N–H and O–H groups in total. The van der Waals surface area contributed by atoms with Crippen LogP contribution in [0.4, 0.5) is 0 Å². The largest absolute Gasteiger partial charge is 0.486 e. The topological polar surface area (TPSA) is 94.8 Å². The van der Waals surface area contributed by atoms with E-state index in [0.717, 1.165) is 15.5 Å². The Hall–Kier alpha value is -2.47. The summed E-state index contributed by atoms with van der Waals surface area (Å²) in [5.41, 5.74) is 0.908. The van der Waals surface area contributed by atoms with Gasteiger partial charge >= 0.3 is 0 Å². The summed E-state index contributed by atoms with van der Waals surface area (Å²) in [4.78, 5) is 6.48. The van der Waals surface area contributed by atoms with Crippen LogP contribution >= 0.6 is 22.7 Å². The Morgan fingerprint density at radius 3 is 2.83 bits per heavy atom. The van der Waals surface area contributed by atoms with Gasteiger partial charge in [0.05, 0.1) is 15.5 Å². The summed E-state index contributed by atoms with van der Waals surface area (Å²) < 4.78 is 40.6. The number of benzene rings is 1. The quantitative estimate of drug-likeness (QED) is 0.487. The van der Waals surface area contributed by atoms with E-state index in [2.05, 4.69) is 14.8 Å². The third kappa shape index (κ3) is 3.62. The maximum atomic E-state index is 12.6. The number of hydrogen-bond donors (Lipinski definition) is 1. The van der Waals surface area contributed by atoms with Crippen molar-refractivity contribution in [3.63, 3.8) is 0 Å². The molecule has 0 fully saturated rings. The summed E-state index contributed by atoms with van der Waals surface area (Å²) >= 11 is 3.07. The minimum absolute atomic E-state index is 0.151. The highest BCUT2D eigenvalue weighted by atomic mass is 32.2. The van der Waals surface area contributed by atoms with Crippen LogP contribution in [0.25, 0.3) is 15.7 Å². The predicted molar refractivity (Wildman–Crippen MR) is 111 cm³/mol. The van der Waals surface area contributed by atoms with Crippen LogP contribution in [0.3, 0.4) is 0 Å². The molecule has 0 aliphatic carbocycles.